The molecule has 0 saturated heterocycles. The first kappa shape index (κ1) is 15.7. The summed E-state index contributed by atoms with van der Waals surface area (Å²) in [5.41, 5.74) is 9.85. The highest BCUT2D eigenvalue weighted by Crippen LogP contribution is 2.33. The van der Waals surface area contributed by atoms with E-state index in [1.165, 1.54) is 15.9 Å². The molecule has 27 heavy (non-hydrogen) atoms. The highest BCUT2D eigenvalue weighted by Gasteiger charge is 2.17. The third-order valence-electron chi connectivity index (χ3n) is 4.37. The van der Waals surface area contributed by atoms with E-state index in [4.69, 9.17) is 5.73 Å². The molecule has 6 nitrogen and oxygen atoms in total. The summed E-state index contributed by atoms with van der Waals surface area (Å²) in [6.45, 7) is 0. The molecule has 5 rings (SSSR count). The van der Waals surface area contributed by atoms with Crippen LogP contribution < -0.4 is 11.3 Å². The summed E-state index contributed by atoms with van der Waals surface area (Å²) in [5.74, 6) is 0.272. The van der Waals surface area contributed by atoms with Crippen molar-refractivity contribution in [3.63, 3.8) is 0 Å². The summed E-state index contributed by atoms with van der Waals surface area (Å²) >= 11 is 1.33. The summed E-state index contributed by atoms with van der Waals surface area (Å²) in [5, 5.41) is 5.31. The Morgan fingerprint density at radius 2 is 1.81 bits per heavy atom. The number of para-hydroxylation sites is 1. The molecule has 2 N–H and O–H groups in total. The fourth-order valence-electron chi connectivity index (χ4n) is 3.02. The van der Waals surface area contributed by atoms with Crippen molar-refractivity contribution in [3.8, 4) is 10.6 Å². The molecule has 0 amide bonds. The van der Waals surface area contributed by atoms with Crippen molar-refractivity contribution in [2.24, 2.45) is 4.99 Å². The molecule has 0 spiro atoms. The number of aliphatic imine (C=N–C) groups is 1. The van der Waals surface area contributed by atoms with Crippen molar-refractivity contribution in [1.82, 2.24) is 14.6 Å². The van der Waals surface area contributed by atoms with Gasteiger partial charge in [0.1, 0.15) is 10.8 Å². The van der Waals surface area contributed by atoms with E-state index in [1.807, 2.05) is 54.6 Å². The van der Waals surface area contributed by atoms with Gasteiger partial charge in [0.05, 0.1) is 11.3 Å². The Hall–Kier alpha value is -3.58. The number of benzene rings is 2. The normalized spacial score (nSPS) is 14.1. The molecule has 0 aliphatic carbocycles. The third kappa shape index (κ3) is 2.56. The number of hydrogen-bond donors (Lipinski definition) is 1. The summed E-state index contributed by atoms with van der Waals surface area (Å²) in [6.07, 6.45) is 3.46. The fraction of sp³-hybridized carbons (Fsp3) is 0. The number of hydrogen-bond acceptors (Lipinski definition) is 6. The minimum atomic E-state index is -0.374. The second kappa shape index (κ2) is 6.00. The summed E-state index contributed by atoms with van der Waals surface area (Å²) < 4.78 is 1.53. The minimum Gasteiger partial charge on any atom is -0.383 e. The zero-order valence-electron chi connectivity index (χ0n) is 14.0. The lowest BCUT2D eigenvalue weighted by atomic mass is 10.1. The first-order valence-corrected chi connectivity index (χ1v) is 9.12. The highest BCUT2D eigenvalue weighted by atomic mass is 32.1. The molecule has 0 bridgehead atoms. The number of rotatable bonds is 2. The molecule has 0 fully saturated rings. The van der Waals surface area contributed by atoms with E-state index in [9.17, 15) is 4.79 Å². The van der Waals surface area contributed by atoms with Crippen LogP contribution in [0, 0.1) is 0 Å². The maximum atomic E-state index is 12.6. The Bertz CT molecular complexity index is 1300. The van der Waals surface area contributed by atoms with E-state index in [1.54, 1.807) is 12.3 Å². The van der Waals surface area contributed by atoms with Crippen LogP contribution in [0.1, 0.15) is 11.1 Å². The first-order chi connectivity index (χ1) is 13.2. The van der Waals surface area contributed by atoms with Crippen LogP contribution in [0.4, 0.5) is 11.5 Å². The number of fused-ring (bicyclic) bond motifs is 2. The molecule has 2 aromatic heterocycles. The number of anilines is 1. The van der Waals surface area contributed by atoms with Gasteiger partial charge < -0.3 is 5.73 Å². The lowest BCUT2D eigenvalue weighted by molar-refractivity contribution is 0.944. The topological polar surface area (TPSA) is 85.6 Å². The van der Waals surface area contributed by atoms with E-state index in [-0.39, 0.29) is 11.4 Å². The van der Waals surface area contributed by atoms with E-state index >= 15 is 0 Å². The average Bonchev–Trinajstić information content (AvgIpc) is 3.30. The smallest absolute Gasteiger partial charge is 0.283 e. The van der Waals surface area contributed by atoms with Gasteiger partial charge in [-0.25, -0.2) is 0 Å². The molecule has 4 aromatic rings. The minimum absolute atomic E-state index is 0.272. The van der Waals surface area contributed by atoms with E-state index in [2.05, 4.69) is 15.1 Å². The molecular weight excluding hydrogens is 358 g/mol. The molecule has 0 atom stereocenters. The van der Waals surface area contributed by atoms with Crippen LogP contribution in [0.5, 0.6) is 0 Å². The third-order valence-corrected chi connectivity index (χ3v) is 5.33. The summed E-state index contributed by atoms with van der Waals surface area (Å²) in [7, 11) is 0. The zero-order valence-corrected chi connectivity index (χ0v) is 14.9. The van der Waals surface area contributed by atoms with Crippen LogP contribution >= 0.6 is 11.3 Å². The Kier molecular flexibility index (Phi) is 3.48. The van der Waals surface area contributed by atoms with Gasteiger partial charge in [-0.3, -0.25) is 9.79 Å². The van der Waals surface area contributed by atoms with Crippen LogP contribution in [-0.4, -0.2) is 20.8 Å². The lowest BCUT2D eigenvalue weighted by Crippen LogP contribution is -2.16. The second-order valence-corrected chi connectivity index (χ2v) is 7.01. The summed E-state index contributed by atoms with van der Waals surface area (Å²) in [4.78, 5) is 21.6. The van der Waals surface area contributed by atoms with E-state index in [0.29, 0.717) is 10.5 Å². The molecular formula is C20H13N5OS. The van der Waals surface area contributed by atoms with Gasteiger partial charge in [0, 0.05) is 22.9 Å². The fourth-order valence-corrected chi connectivity index (χ4v) is 3.93. The first-order valence-electron chi connectivity index (χ1n) is 8.30. The maximum Gasteiger partial charge on any atom is 0.283 e. The molecule has 0 radical (unpaired) electrons. The number of nitrogens with two attached hydrogens (primary N) is 1. The molecule has 1 aliphatic rings. The molecule has 130 valence electrons. The monoisotopic (exact) mass is 371 g/mol. The Labute approximate surface area is 158 Å². The Morgan fingerprint density at radius 3 is 2.67 bits per heavy atom. The second-order valence-electron chi connectivity index (χ2n) is 6.06. The Morgan fingerprint density at radius 1 is 1.04 bits per heavy atom. The van der Waals surface area contributed by atoms with Crippen molar-refractivity contribution >= 4 is 45.7 Å². The van der Waals surface area contributed by atoms with Gasteiger partial charge in [-0.05, 0) is 12.1 Å². The molecule has 2 aromatic carbocycles. The van der Waals surface area contributed by atoms with Crippen LogP contribution in [-0.2, 0) is 0 Å². The van der Waals surface area contributed by atoms with Crippen LogP contribution in [0.2, 0.25) is 0 Å². The number of aromatic nitrogens is 3. The molecule has 0 saturated carbocycles. The SMILES string of the molecule is Nc1c(C=C2C=Nc3ccccc32)c(=O)nc2sc(-c3ccccc3)nn12. The predicted octanol–water partition coefficient (Wildman–Crippen LogP) is 3.66. The van der Waals surface area contributed by atoms with Crippen molar-refractivity contribution in [1.29, 1.82) is 0 Å². The number of nitrogen functional groups attached to an aromatic ring is 1. The number of nitrogens with zero attached hydrogens (tertiary/aromatic N) is 4. The molecule has 7 heteroatoms. The highest BCUT2D eigenvalue weighted by molar-refractivity contribution is 7.19. The van der Waals surface area contributed by atoms with Crippen LogP contribution in [0.25, 0.3) is 27.2 Å². The number of allylic oxidation sites excluding steroid dienone is 1. The van der Waals surface area contributed by atoms with Crippen molar-refractivity contribution in [3.05, 3.63) is 76.1 Å². The quantitative estimate of drug-likeness (QED) is 0.583. The van der Waals surface area contributed by atoms with Crippen LogP contribution in [0.15, 0.2) is 64.4 Å². The maximum absolute atomic E-state index is 12.6. The van der Waals surface area contributed by atoms with Crippen molar-refractivity contribution in [2.75, 3.05) is 5.73 Å². The van der Waals surface area contributed by atoms with Crippen LogP contribution in [0.3, 0.4) is 0 Å². The van der Waals surface area contributed by atoms with E-state index in [0.717, 1.165) is 27.4 Å². The Balaban J connectivity index is 1.67. The predicted molar refractivity (Wildman–Crippen MR) is 109 cm³/mol. The van der Waals surface area contributed by atoms with Crippen molar-refractivity contribution < 1.29 is 0 Å². The molecule has 3 heterocycles. The van der Waals surface area contributed by atoms with Crippen molar-refractivity contribution in [2.45, 2.75) is 0 Å². The van der Waals surface area contributed by atoms with Gasteiger partial charge >= 0.3 is 0 Å². The van der Waals surface area contributed by atoms with Gasteiger partial charge in [-0.1, -0.05) is 59.9 Å². The standard InChI is InChI=1S/C20H13N5OS/c21-17-15(10-13-11-22-16-9-5-4-8-14(13)16)18(26)23-20-25(17)24-19(27-20)12-6-2-1-3-7-12/h1-11H,21H2. The molecule has 1 aliphatic heterocycles. The van der Waals surface area contributed by atoms with E-state index < -0.39 is 0 Å². The average molecular weight is 371 g/mol. The zero-order chi connectivity index (χ0) is 18.4. The van der Waals surface area contributed by atoms with Gasteiger partial charge in [0.15, 0.2) is 0 Å². The largest absolute Gasteiger partial charge is 0.383 e. The van der Waals surface area contributed by atoms with Gasteiger partial charge in [-0.15, -0.1) is 0 Å². The van der Waals surface area contributed by atoms with Gasteiger partial charge in [0.2, 0.25) is 4.96 Å². The lowest BCUT2D eigenvalue weighted by Gasteiger charge is -2.03. The summed E-state index contributed by atoms with van der Waals surface area (Å²) in [6, 6.07) is 17.5. The van der Waals surface area contributed by atoms with Gasteiger partial charge in [-0.2, -0.15) is 14.6 Å². The molecule has 0 unspecified atom stereocenters. The van der Waals surface area contributed by atoms with Gasteiger partial charge in [0.25, 0.3) is 5.56 Å².